The van der Waals surface area contributed by atoms with E-state index in [1.54, 1.807) is 26.0 Å². The molecule has 1 aromatic carbocycles. The first-order valence-electron chi connectivity index (χ1n) is 7.09. The number of nitrogens with zero attached hydrogens (tertiary/aromatic N) is 1. The minimum atomic E-state index is -0.934. The summed E-state index contributed by atoms with van der Waals surface area (Å²) in [5.41, 5.74) is 1.60. The Hall–Kier alpha value is -1.92. The highest BCUT2D eigenvalue weighted by molar-refractivity contribution is 7.13. The first-order chi connectivity index (χ1) is 10.9. The van der Waals surface area contributed by atoms with Crippen LogP contribution < -0.4 is 5.32 Å². The SMILES string of the molecule is CC(NC(=O)Cc1csc(-c2ccc(Cl)cc2)n1)C(C)C(=O)O. The fraction of sp³-hybridized carbons (Fsp3) is 0.312. The molecule has 0 radical (unpaired) electrons. The van der Waals surface area contributed by atoms with Crippen LogP contribution in [0.3, 0.4) is 0 Å². The highest BCUT2D eigenvalue weighted by Gasteiger charge is 2.21. The van der Waals surface area contributed by atoms with Gasteiger partial charge in [0.05, 0.1) is 18.0 Å². The molecule has 1 aromatic heterocycles. The number of amides is 1. The maximum Gasteiger partial charge on any atom is 0.308 e. The predicted octanol–water partition coefficient (Wildman–Crippen LogP) is 3.23. The van der Waals surface area contributed by atoms with Gasteiger partial charge in [-0.3, -0.25) is 9.59 Å². The lowest BCUT2D eigenvalue weighted by Gasteiger charge is -2.17. The number of rotatable bonds is 6. The molecule has 0 aliphatic heterocycles. The number of carboxylic acid groups (broad SMARTS) is 1. The standard InChI is InChI=1S/C16H17ClN2O3S/c1-9(16(21)22)10(2)18-14(20)7-13-8-23-15(19-13)11-3-5-12(17)6-4-11/h3-6,8-10H,7H2,1-2H3,(H,18,20)(H,21,22). The van der Waals surface area contributed by atoms with Crippen molar-refractivity contribution in [3.63, 3.8) is 0 Å². The maximum atomic E-state index is 12.0. The zero-order valence-corrected chi connectivity index (χ0v) is 14.3. The number of benzene rings is 1. The van der Waals surface area contributed by atoms with Gasteiger partial charge in [-0.25, -0.2) is 4.98 Å². The zero-order chi connectivity index (χ0) is 17.0. The van der Waals surface area contributed by atoms with Crippen molar-refractivity contribution in [1.29, 1.82) is 0 Å². The Labute approximate surface area is 143 Å². The second-order valence-corrected chi connectivity index (χ2v) is 6.61. The van der Waals surface area contributed by atoms with Gasteiger partial charge in [-0.1, -0.05) is 23.7 Å². The highest BCUT2D eigenvalue weighted by atomic mass is 35.5. The van der Waals surface area contributed by atoms with Crippen molar-refractivity contribution in [1.82, 2.24) is 10.3 Å². The molecule has 0 aliphatic carbocycles. The number of aliphatic carboxylic acids is 1. The van der Waals surface area contributed by atoms with Crippen molar-refractivity contribution < 1.29 is 14.7 Å². The summed E-state index contributed by atoms with van der Waals surface area (Å²) < 4.78 is 0. The Morgan fingerprint density at radius 2 is 1.96 bits per heavy atom. The average molecular weight is 353 g/mol. The second kappa shape index (κ2) is 7.57. The Morgan fingerprint density at radius 3 is 2.57 bits per heavy atom. The summed E-state index contributed by atoms with van der Waals surface area (Å²) in [6.07, 6.45) is 0.126. The summed E-state index contributed by atoms with van der Waals surface area (Å²) in [5.74, 6) is -1.81. The third kappa shape index (κ3) is 4.77. The molecule has 0 saturated heterocycles. The number of halogens is 1. The Balaban J connectivity index is 1.97. The lowest BCUT2D eigenvalue weighted by Crippen LogP contribution is -2.40. The van der Waals surface area contributed by atoms with Crippen molar-refractivity contribution in [3.8, 4) is 10.6 Å². The summed E-state index contributed by atoms with van der Waals surface area (Å²) in [4.78, 5) is 27.3. The molecule has 2 N–H and O–H groups in total. The van der Waals surface area contributed by atoms with Gasteiger partial charge in [-0.2, -0.15) is 0 Å². The second-order valence-electron chi connectivity index (χ2n) is 5.31. The molecule has 0 aliphatic rings. The van der Waals surface area contributed by atoms with Crippen LogP contribution in [0.15, 0.2) is 29.6 Å². The average Bonchev–Trinajstić information content (AvgIpc) is 2.95. The Kier molecular flexibility index (Phi) is 5.74. The summed E-state index contributed by atoms with van der Waals surface area (Å²) in [6.45, 7) is 3.24. The number of aromatic nitrogens is 1. The van der Waals surface area contributed by atoms with Gasteiger partial charge in [0.25, 0.3) is 0 Å². The number of carbonyl (C=O) groups is 2. The molecule has 1 amide bonds. The fourth-order valence-corrected chi connectivity index (χ4v) is 2.87. The van der Waals surface area contributed by atoms with E-state index in [0.29, 0.717) is 10.7 Å². The number of carbonyl (C=O) groups excluding carboxylic acids is 1. The van der Waals surface area contributed by atoms with Crippen LogP contribution >= 0.6 is 22.9 Å². The molecule has 0 saturated carbocycles. The summed E-state index contributed by atoms with van der Waals surface area (Å²) in [5, 5.41) is 14.9. The number of hydrogen-bond donors (Lipinski definition) is 2. The summed E-state index contributed by atoms with van der Waals surface area (Å²) in [6, 6.07) is 6.90. The molecule has 2 rings (SSSR count). The van der Waals surface area contributed by atoms with E-state index in [1.165, 1.54) is 11.3 Å². The van der Waals surface area contributed by atoms with Crippen LogP contribution in [0.5, 0.6) is 0 Å². The van der Waals surface area contributed by atoms with Crippen molar-refractivity contribution in [2.45, 2.75) is 26.3 Å². The molecule has 1 heterocycles. The van der Waals surface area contributed by atoms with Gasteiger partial charge in [0.15, 0.2) is 0 Å². The number of hydrogen-bond acceptors (Lipinski definition) is 4. The minimum absolute atomic E-state index is 0.126. The van der Waals surface area contributed by atoms with Gasteiger partial charge in [-0.15, -0.1) is 11.3 Å². The van der Waals surface area contributed by atoms with Gasteiger partial charge in [0, 0.05) is 22.0 Å². The molecule has 0 fully saturated rings. The molecular weight excluding hydrogens is 336 g/mol. The number of carboxylic acids is 1. The van der Waals surface area contributed by atoms with Crippen molar-refractivity contribution >= 4 is 34.8 Å². The highest BCUT2D eigenvalue weighted by Crippen LogP contribution is 2.25. The zero-order valence-electron chi connectivity index (χ0n) is 12.7. The quantitative estimate of drug-likeness (QED) is 0.836. The van der Waals surface area contributed by atoms with E-state index >= 15 is 0 Å². The van der Waals surface area contributed by atoms with Crippen molar-refractivity contribution in [2.24, 2.45) is 5.92 Å². The van der Waals surface area contributed by atoms with Crippen LogP contribution in [0, 0.1) is 5.92 Å². The van der Waals surface area contributed by atoms with E-state index in [-0.39, 0.29) is 12.3 Å². The lowest BCUT2D eigenvalue weighted by molar-refractivity contribution is -0.142. The van der Waals surface area contributed by atoms with Crippen molar-refractivity contribution in [2.75, 3.05) is 0 Å². The molecule has 122 valence electrons. The number of nitrogens with one attached hydrogen (secondary N) is 1. The molecule has 5 nitrogen and oxygen atoms in total. The topological polar surface area (TPSA) is 79.3 Å². The van der Waals surface area contributed by atoms with Crippen molar-refractivity contribution in [3.05, 3.63) is 40.4 Å². The van der Waals surface area contributed by atoms with Crippen LogP contribution in [0.1, 0.15) is 19.5 Å². The summed E-state index contributed by atoms with van der Waals surface area (Å²) >= 11 is 7.31. The first-order valence-corrected chi connectivity index (χ1v) is 8.35. The third-order valence-electron chi connectivity index (χ3n) is 3.51. The predicted molar refractivity (Wildman–Crippen MR) is 90.7 cm³/mol. The van der Waals surface area contributed by atoms with Gasteiger partial charge in [0.2, 0.25) is 5.91 Å². The van der Waals surface area contributed by atoms with Gasteiger partial charge in [0.1, 0.15) is 5.01 Å². The van der Waals surface area contributed by atoms with Gasteiger partial charge < -0.3 is 10.4 Å². The van der Waals surface area contributed by atoms with Crippen LogP contribution in [0.2, 0.25) is 5.02 Å². The minimum Gasteiger partial charge on any atom is -0.481 e. The molecule has 0 bridgehead atoms. The van der Waals surface area contributed by atoms with E-state index in [9.17, 15) is 9.59 Å². The van der Waals surface area contributed by atoms with Gasteiger partial charge >= 0.3 is 5.97 Å². The van der Waals surface area contributed by atoms with Crippen LogP contribution in [0.25, 0.3) is 10.6 Å². The van der Waals surface area contributed by atoms with E-state index < -0.39 is 17.9 Å². The van der Waals surface area contributed by atoms with E-state index in [2.05, 4.69) is 10.3 Å². The molecule has 2 atom stereocenters. The lowest BCUT2D eigenvalue weighted by atomic mass is 10.0. The molecule has 23 heavy (non-hydrogen) atoms. The van der Waals surface area contributed by atoms with Crippen LogP contribution in [0.4, 0.5) is 0 Å². The molecule has 2 unspecified atom stereocenters. The largest absolute Gasteiger partial charge is 0.481 e. The van der Waals surface area contributed by atoms with E-state index in [1.807, 2.05) is 17.5 Å². The normalized spacial score (nSPS) is 13.3. The fourth-order valence-electron chi connectivity index (χ4n) is 1.92. The summed E-state index contributed by atoms with van der Waals surface area (Å²) in [7, 11) is 0. The first kappa shape index (κ1) is 17.4. The van der Waals surface area contributed by atoms with E-state index in [4.69, 9.17) is 16.7 Å². The molecule has 2 aromatic rings. The molecule has 0 spiro atoms. The third-order valence-corrected chi connectivity index (χ3v) is 4.70. The Bertz CT molecular complexity index is 700. The molecular formula is C16H17ClN2O3S. The van der Waals surface area contributed by atoms with Crippen LogP contribution in [-0.4, -0.2) is 28.0 Å². The Morgan fingerprint density at radius 1 is 1.30 bits per heavy atom. The van der Waals surface area contributed by atoms with Crippen LogP contribution in [-0.2, 0) is 16.0 Å². The van der Waals surface area contributed by atoms with Gasteiger partial charge in [-0.05, 0) is 26.0 Å². The smallest absolute Gasteiger partial charge is 0.308 e. The maximum absolute atomic E-state index is 12.0. The number of thiazole rings is 1. The molecule has 7 heteroatoms. The monoisotopic (exact) mass is 352 g/mol. The van der Waals surface area contributed by atoms with E-state index in [0.717, 1.165) is 10.6 Å².